The first-order valence-corrected chi connectivity index (χ1v) is 6.97. The summed E-state index contributed by atoms with van der Waals surface area (Å²) < 4.78 is 26.3. The molecule has 5 heteroatoms. The maximum absolute atomic E-state index is 13.4. The molecule has 0 aromatic heterocycles. The second-order valence-electron chi connectivity index (χ2n) is 4.95. The number of nitrogens with zero attached hydrogens (tertiary/aromatic N) is 1. The van der Waals surface area contributed by atoms with E-state index in [2.05, 4.69) is 4.90 Å². The smallest absolute Gasteiger partial charge is 0.136 e. The summed E-state index contributed by atoms with van der Waals surface area (Å²) in [6.45, 7) is 4.11. The molecule has 18 heavy (non-hydrogen) atoms. The van der Waals surface area contributed by atoms with Crippen LogP contribution in [0.4, 0.5) is 8.78 Å². The monoisotopic (exact) mass is 273 g/mol. The van der Waals surface area contributed by atoms with Gasteiger partial charge in [0, 0.05) is 30.3 Å². The molecule has 0 saturated carbocycles. The fraction of sp³-hybridized carbons (Fsp3) is 0.538. The summed E-state index contributed by atoms with van der Waals surface area (Å²) in [6.07, 6.45) is 0.770. The number of halogens is 2. The fourth-order valence-electron chi connectivity index (χ4n) is 2.10. The SMILES string of the molecule is CC1(O)CCN(CCSc2cc(F)ccc2F)C1. The van der Waals surface area contributed by atoms with E-state index in [1.165, 1.54) is 17.8 Å². The van der Waals surface area contributed by atoms with Crippen molar-refractivity contribution >= 4 is 11.8 Å². The Kier molecular flexibility index (Phi) is 4.25. The van der Waals surface area contributed by atoms with Gasteiger partial charge in [-0.15, -0.1) is 11.8 Å². The molecule has 100 valence electrons. The molecule has 1 atom stereocenters. The molecule has 1 aromatic carbocycles. The van der Waals surface area contributed by atoms with E-state index in [1.807, 2.05) is 6.92 Å². The second kappa shape index (κ2) is 5.55. The van der Waals surface area contributed by atoms with Crippen LogP contribution in [0.15, 0.2) is 23.1 Å². The predicted molar refractivity (Wildman–Crippen MR) is 68.8 cm³/mol. The zero-order valence-corrected chi connectivity index (χ0v) is 11.1. The van der Waals surface area contributed by atoms with Crippen molar-refractivity contribution in [3.8, 4) is 0 Å². The highest BCUT2D eigenvalue weighted by atomic mass is 32.2. The maximum Gasteiger partial charge on any atom is 0.136 e. The van der Waals surface area contributed by atoms with Gasteiger partial charge in [0.25, 0.3) is 0 Å². The van der Waals surface area contributed by atoms with Gasteiger partial charge in [0.05, 0.1) is 5.60 Å². The van der Waals surface area contributed by atoms with E-state index in [9.17, 15) is 13.9 Å². The molecule has 2 nitrogen and oxygen atoms in total. The third-order valence-electron chi connectivity index (χ3n) is 3.09. The molecule has 1 saturated heterocycles. The van der Waals surface area contributed by atoms with Crippen LogP contribution in [0.25, 0.3) is 0 Å². The molecule has 0 amide bonds. The third-order valence-corrected chi connectivity index (χ3v) is 4.10. The lowest BCUT2D eigenvalue weighted by molar-refractivity contribution is 0.0696. The second-order valence-corrected chi connectivity index (χ2v) is 6.08. The first kappa shape index (κ1) is 13.8. The number of benzene rings is 1. The van der Waals surface area contributed by atoms with E-state index in [0.717, 1.165) is 31.6 Å². The molecule has 1 aliphatic rings. The lowest BCUT2D eigenvalue weighted by atomic mass is 10.1. The van der Waals surface area contributed by atoms with Gasteiger partial charge < -0.3 is 5.11 Å². The van der Waals surface area contributed by atoms with Gasteiger partial charge in [-0.25, -0.2) is 8.78 Å². The highest BCUT2D eigenvalue weighted by molar-refractivity contribution is 7.99. The zero-order valence-electron chi connectivity index (χ0n) is 10.3. The molecule has 1 unspecified atom stereocenters. The Balaban J connectivity index is 1.80. The number of rotatable bonds is 4. The summed E-state index contributed by atoms with van der Waals surface area (Å²) in [7, 11) is 0. The molecule has 1 N–H and O–H groups in total. The largest absolute Gasteiger partial charge is 0.389 e. The van der Waals surface area contributed by atoms with Crippen molar-refractivity contribution < 1.29 is 13.9 Å². The number of aliphatic hydroxyl groups is 1. The zero-order chi connectivity index (χ0) is 13.2. The Labute approximate surface area is 110 Å². The van der Waals surface area contributed by atoms with Gasteiger partial charge in [0.1, 0.15) is 11.6 Å². The van der Waals surface area contributed by atoms with Gasteiger partial charge in [-0.2, -0.15) is 0 Å². The van der Waals surface area contributed by atoms with Crippen molar-refractivity contribution in [1.82, 2.24) is 4.90 Å². The number of hydrogen-bond acceptors (Lipinski definition) is 3. The van der Waals surface area contributed by atoms with Crippen LogP contribution in [0.5, 0.6) is 0 Å². The summed E-state index contributed by atoms with van der Waals surface area (Å²) in [6, 6.07) is 3.50. The van der Waals surface area contributed by atoms with Crippen molar-refractivity contribution in [2.45, 2.75) is 23.8 Å². The molecule has 1 fully saturated rings. The highest BCUT2D eigenvalue weighted by Crippen LogP contribution is 2.24. The molecule has 1 aliphatic heterocycles. The van der Waals surface area contributed by atoms with E-state index >= 15 is 0 Å². The predicted octanol–water partition coefficient (Wildman–Crippen LogP) is 2.51. The summed E-state index contributed by atoms with van der Waals surface area (Å²) in [4.78, 5) is 2.49. The first-order valence-electron chi connectivity index (χ1n) is 5.99. The van der Waals surface area contributed by atoms with Crippen LogP contribution in [0.1, 0.15) is 13.3 Å². The van der Waals surface area contributed by atoms with Gasteiger partial charge in [0.2, 0.25) is 0 Å². The van der Waals surface area contributed by atoms with E-state index < -0.39 is 11.4 Å². The van der Waals surface area contributed by atoms with Gasteiger partial charge in [-0.05, 0) is 31.5 Å². The average Bonchev–Trinajstić information content (AvgIpc) is 2.63. The van der Waals surface area contributed by atoms with Crippen molar-refractivity contribution in [3.05, 3.63) is 29.8 Å². The van der Waals surface area contributed by atoms with Gasteiger partial charge in [0.15, 0.2) is 0 Å². The summed E-state index contributed by atoms with van der Waals surface area (Å²) in [5.74, 6) is -0.103. The van der Waals surface area contributed by atoms with Crippen molar-refractivity contribution in [3.63, 3.8) is 0 Å². The van der Waals surface area contributed by atoms with Gasteiger partial charge >= 0.3 is 0 Å². The van der Waals surface area contributed by atoms with E-state index in [4.69, 9.17) is 0 Å². The Bertz CT molecular complexity index is 425. The average molecular weight is 273 g/mol. The standard InChI is InChI=1S/C13H17F2NOS/c1-13(17)4-5-16(9-13)6-7-18-12-8-10(14)2-3-11(12)15/h2-3,8,17H,4-7,9H2,1H3. The number of likely N-dealkylation sites (tertiary alicyclic amines) is 1. The van der Waals surface area contributed by atoms with Crippen LogP contribution < -0.4 is 0 Å². The molecule has 1 heterocycles. The van der Waals surface area contributed by atoms with Gasteiger partial charge in [-0.3, -0.25) is 4.90 Å². The van der Waals surface area contributed by atoms with Crippen LogP contribution in [0.3, 0.4) is 0 Å². The quantitative estimate of drug-likeness (QED) is 0.853. The van der Waals surface area contributed by atoms with Crippen LogP contribution in [0.2, 0.25) is 0 Å². The maximum atomic E-state index is 13.4. The van der Waals surface area contributed by atoms with E-state index in [1.54, 1.807) is 0 Å². The van der Waals surface area contributed by atoms with Crippen LogP contribution in [-0.2, 0) is 0 Å². The fourth-order valence-corrected chi connectivity index (χ4v) is 3.07. The number of hydrogen-bond donors (Lipinski definition) is 1. The Morgan fingerprint density at radius 1 is 1.44 bits per heavy atom. The molecular formula is C13H17F2NOS. The number of thioether (sulfide) groups is 1. The van der Waals surface area contributed by atoms with Crippen molar-refractivity contribution in [2.24, 2.45) is 0 Å². The van der Waals surface area contributed by atoms with Crippen LogP contribution in [0, 0.1) is 11.6 Å². The Morgan fingerprint density at radius 2 is 2.22 bits per heavy atom. The van der Waals surface area contributed by atoms with Crippen LogP contribution in [-0.4, -0.2) is 41.0 Å². The minimum absolute atomic E-state index is 0.348. The Morgan fingerprint density at radius 3 is 2.89 bits per heavy atom. The normalized spacial score (nSPS) is 24.7. The summed E-state index contributed by atoms with van der Waals surface area (Å²) >= 11 is 1.31. The first-order chi connectivity index (χ1) is 8.46. The molecular weight excluding hydrogens is 256 g/mol. The topological polar surface area (TPSA) is 23.5 Å². The van der Waals surface area contributed by atoms with Gasteiger partial charge in [-0.1, -0.05) is 0 Å². The third kappa shape index (κ3) is 3.67. The molecule has 0 aliphatic carbocycles. The minimum atomic E-state index is -0.602. The summed E-state index contributed by atoms with van der Waals surface area (Å²) in [5.41, 5.74) is -0.602. The van der Waals surface area contributed by atoms with E-state index in [-0.39, 0.29) is 5.82 Å². The lowest BCUT2D eigenvalue weighted by Gasteiger charge is -2.18. The van der Waals surface area contributed by atoms with Crippen molar-refractivity contribution in [1.29, 1.82) is 0 Å². The minimum Gasteiger partial charge on any atom is -0.389 e. The molecule has 0 radical (unpaired) electrons. The molecule has 1 aromatic rings. The highest BCUT2D eigenvalue weighted by Gasteiger charge is 2.30. The molecule has 0 bridgehead atoms. The van der Waals surface area contributed by atoms with Crippen LogP contribution >= 0.6 is 11.8 Å². The Hall–Kier alpha value is -0.650. The molecule has 0 spiro atoms. The van der Waals surface area contributed by atoms with Crippen molar-refractivity contribution in [2.75, 3.05) is 25.4 Å². The summed E-state index contributed by atoms with van der Waals surface area (Å²) in [5, 5.41) is 9.80. The van der Waals surface area contributed by atoms with E-state index in [0.29, 0.717) is 17.2 Å². The lowest BCUT2D eigenvalue weighted by Crippen LogP contribution is -2.30. The number of β-amino-alcohol motifs (C(OH)–C–C–N with tert-alkyl or cyclic N) is 1. The molecule has 2 rings (SSSR count).